The van der Waals surface area contributed by atoms with Crippen LogP contribution < -0.4 is 0 Å². The summed E-state index contributed by atoms with van der Waals surface area (Å²) in [4.78, 5) is 48.7. The minimum atomic E-state index is -0.622. The van der Waals surface area contributed by atoms with E-state index in [0.717, 1.165) is 44.3 Å². The van der Waals surface area contributed by atoms with E-state index in [1.807, 2.05) is 54.8 Å². The number of hydrogen-bond acceptors (Lipinski definition) is 5. The van der Waals surface area contributed by atoms with E-state index in [4.69, 9.17) is 9.73 Å². The van der Waals surface area contributed by atoms with Gasteiger partial charge in [-0.05, 0) is 83.1 Å². The Morgan fingerprint density at radius 1 is 1.00 bits per heavy atom. The molecule has 1 saturated carbocycles. The number of fused-ring (bicyclic) bond motifs is 1. The summed E-state index contributed by atoms with van der Waals surface area (Å²) in [5, 5.41) is 0. The maximum atomic E-state index is 13.7. The summed E-state index contributed by atoms with van der Waals surface area (Å²) in [6, 6.07) is 14.4. The van der Waals surface area contributed by atoms with Crippen LogP contribution in [0.4, 0.5) is 5.69 Å². The van der Waals surface area contributed by atoms with Gasteiger partial charge in [0, 0.05) is 60.4 Å². The summed E-state index contributed by atoms with van der Waals surface area (Å²) < 4.78 is 5.59. The summed E-state index contributed by atoms with van der Waals surface area (Å²) >= 11 is 0. The van der Waals surface area contributed by atoms with Crippen molar-refractivity contribution >= 4 is 35.3 Å². The average Bonchev–Trinajstić information content (AvgIpc) is 3.09. The molecule has 2 aromatic rings. The normalized spacial score (nSPS) is 17.5. The second kappa shape index (κ2) is 12.7. The van der Waals surface area contributed by atoms with Crippen molar-refractivity contribution in [2.24, 2.45) is 10.4 Å². The zero-order valence-corrected chi connectivity index (χ0v) is 27.2. The number of esters is 1. The molecule has 0 bridgehead atoms. The molecule has 7 heteroatoms. The predicted octanol–water partition coefficient (Wildman–Crippen LogP) is 7.25. The van der Waals surface area contributed by atoms with Crippen molar-refractivity contribution in [1.29, 1.82) is 0 Å². The van der Waals surface area contributed by atoms with Gasteiger partial charge in [0.05, 0.1) is 12.1 Å². The fraction of sp³-hybridized carbons (Fsp3) is 0.514. The van der Waals surface area contributed by atoms with Gasteiger partial charge < -0.3 is 14.5 Å². The molecule has 2 amide bonds. The maximum absolute atomic E-state index is 13.7. The molecule has 0 N–H and O–H groups in total. The van der Waals surface area contributed by atoms with Gasteiger partial charge in [0.25, 0.3) is 5.91 Å². The van der Waals surface area contributed by atoms with Crippen molar-refractivity contribution in [1.82, 2.24) is 9.80 Å². The molecule has 0 radical (unpaired) electrons. The zero-order valence-electron chi connectivity index (χ0n) is 27.2. The standard InChI is InChI=1S/C37H47N3O4/c1-7-15-39(16-8-2)35(43)29-17-27-13-14-28(19-32(27)38-31(18-29)20-33(41)44-36(4,5)6)34(42)40-23-37(24-40)21-30(22-37)26-11-9-25(3)10-12-26/h9-14,17,19,30H,7-8,15-16,18,20-24H2,1-6H3. The van der Waals surface area contributed by atoms with Gasteiger partial charge in [0.2, 0.25) is 5.91 Å². The van der Waals surface area contributed by atoms with Crippen LogP contribution in [-0.4, -0.2) is 65.1 Å². The molecule has 1 aliphatic carbocycles. The van der Waals surface area contributed by atoms with Gasteiger partial charge in [-0.15, -0.1) is 0 Å². The van der Waals surface area contributed by atoms with E-state index in [1.54, 1.807) is 0 Å². The summed E-state index contributed by atoms with van der Waals surface area (Å²) in [5.74, 6) is 0.164. The van der Waals surface area contributed by atoms with Crippen molar-refractivity contribution in [2.45, 2.75) is 91.6 Å². The quantitative estimate of drug-likeness (QED) is 0.285. The minimum absolute atomic E-state index is 0.00250. The fourth-order valence-electron chi connectivity index (χ4n) is 6.81. The Morgan fingerprint density at radius 3 is 2.27 bits per heavy atom. The first-order valence-corrected chi connectivity index (χ1v) is 16.2. The van der Waals surface area contributed by atoms with E-state index in [0.29, 0.717) is 41.5 Å². The Morgan fingerprint density at radius 2 is 1.66 bits per heavy atom. The molecule has 1 spiro atoms. The van der Waals surface area contributed by atoms with Crippen LogP contribution in [-0.2, 0) is 14.3 Å². The van der Waals surface area contributed by atoms with E-state index in [9.17, 15) is 14.4 Å². The first kappa shape index (κ1) is 31.7. The molecule has 0 unspecified atom stereocenters. The molecule has 5 rings (SSSR count). The number of aryl methyl sites for hydroxylation is 1. The number of hydrogen-bond donors (Lipinski definition) is 0. The molecular formula is C37H47N3O4. The number of benzene rings is 2. The molecule has 0 atom stereocenters. The summed E-state index contributed by atoms with van der Waals surface area (Å²) in [6.07, 6.45) is 6.10. The van der Waals surface area contributed by atoms with Crippen molar-refractivity contribution < 1.29 is 19.1 Å². The van der Waals surface area contributed by atoms with Crippen LogP contribution in [0.3, 0.4) is 0 Å². The number of aliphatic imine (C=N–C) groups is 1. The van der Waals surface area contributed by atoms with E-state index < -0.39 is 5.60 Å². The third-order valence-corrected chi connectivity index (χ3v) is 8.84. The SMILES string of the molecule is CCCN(CCC)C(=O)C1=Cc2ccc(C(=O)N3CC4(CC(c5ccc(C)cc5)C4)C3)cc2N=C(CC(=O)OC(C)(C)C)C1. The highest BCUT2D eigenvalue weighted by Gasteiger charge is 2.53. The molecule has 1 saturated heterocycles. The lowest BCUT2D eigenvalue weighted by Gasteiger charge is -2.59. The van der Waals surface area contributed by atoms with Crippen LogP contribution >= 0.6 is 0 Å². The largest absolute Gasteiger partial charge is 0.460 e. The molecule has 7 nitrogen and oxygen atoms in total. The monoisotopic (exact) mass is 597 g/mol. The topological polar surface area (TPSA) is 79.3 Å². The van der Waals surface area contributed by atoms with Crippen molar-refractivity contribution in [3.05, 3.63) is 70.3 Å². The maximum Gasteiger partial charge on any atom is 0.312 e. The van der Waals surface area contributed by atoms with Gasteiger partial charge in [-0.3, -0.25) is 19.4 Å². The Bertz CT molecular complexity index is 1460. The number of rotatable bonds is 9. The Balaban J connectivity index is 1.34. The van der Waals surface area contributed by atoms with Gasteiger partial charge in [0.15, 0.2) is 0 Å². The Hall–Kier alpha value is -3.74. The molecule has 0 aromatic heterocycles. The number of amides is 2. The van der Waals surface area contributed by atoms with Crippen molar-refractivity contribution in [2.75, 3.05) is 26.2 Å². The first-order chi connectivity index (χ1) is 20.9. The molecule has 2 aromatic carbocycles. The zero-order chi connectivity index (χ0) is 31.6. The average molecular weight is 598 g/mol. The van der Waals surface area contributed by atoms with Crippen LogP contribution in [0.15, 0.2) is 53.0 Å². The van der Waals surface area contributed by atoms with Gasteiger partial charge in [-0.2, -0.15) is 0 Å². The number of ether oxygens (including phenoxy) is 1. The van der Waals surface area contributed by atoms with Gasteiger partial charge in [-0.25, -0.2) is 0 Å². The fourth-order valence-corrected chi connectivity index (χ4v) is 6.81. The Labute approximate surface area is 262 Å². The minimum Gasteiger partial charge on any atom is -0.460 e. The van der Waals surface area contributed by atoms with E-state index in [-0.39, 0.29) is 36.0 Å². The van der Waals surface area contributed by atoms with Crippen LogP contribution in [0, 0.1) is 12.3 Å². The molecule has 234 valence electrons. The van der Waals surface area contributed by atoms with Crippen LogP contribution in [0.2, 0.25) is 0 Å². The number of nitrogens with zero attached hydrogens (tertiary/aromatic N) is 3. The highest BCUT2D eigenvalue weighted by Crippen LogP contribution is 2.56. The van der Waals surface area contributed by atoms with Crippen LogP contribution in [0.25, 0.3) is 6.08 Å². The van der Waals surface area contributed by atoms with Gasteiger partial charge in [0.1, 0.15) is 5.60 Å². The van der Waals surface area contributed by atoms with Crippen molar-refractivity contribution in [3.8, 4) is 0 Å². The second-order valence-electron chi connectivity index (χ2n) is 14.0. The number of carbonyl (C=O) groups is 3. The lowest BCUT2D eigenvalue weighted by Crippen LogP contribution is -2.63. The summed E-state index contributed by atoms with van der Waals surface area (Å²) in [5.41, 5.74) is 5.41. The highest BCUT2D eigenvalue weighted by molar-refractivity contribution is 6.10. The van der Waals surface area contributed by atoms with Crippen LogP contribution in [0.5, 0.6) is 0 Å². The smallest absolute Gasteiger partial charge is 0.312 e. The lowest BCUT2D eigenvalue weighted by molar-refractivity contribution is -0.153. The molecule has 2 heterocycles. The molecule has 3 aliphatic rings. The third-order valence-electron chi connectivity index (χ3n) is 8.84. The molecule has 44 heavy (non-hydrogen) atoms. The second-order valence-corrected chi connectivity index (χ2v) is 14.0. The third kappa shape index (κ3) is 7.14. The van der Waals surface area contributed by atoms with E-state index >= 15 is 0 Å². The predicted molar refractivity (Wildman–Crippen MR) is 175 cm³/mol. The summed E-state index contributed by atoms with van der Waals surface area (Å²) in [6.45, 7) is 14.6. The molecule has 2 aliphatic heterocycles. The highest BCUT2D eigenvalue weighted by atomic mass is 16.6. The van der Waals surface area contributed by atoms with Gasteiger partial charge in [-0.1, -0.05) is 49.7 Å². The van der Waals surface area contributed by atoms with E-state index in [1.165, 1.54) is 11.1 Å². The molecule has 2 fully saturated rings. The first-order valence-electron chi connectivity index (χ1n) is 16.2. The summed E-state index contributed by atoms with van der Waals surface area (Å²) in [7, 11) is 0. The van der Waals surface area contributed by atoms with Crippen molar-refractivity contribution in [3.63, 3.8) is 0 Å². The van der Waals surface area contributed by atoms with E-state index in [2.05, 4.69) is 45.0 Å². The molecular weight excluding hydrogens is 550 g/mol. The Kier molecular flexibility index (Phi) is 9.15. The lowest BCUT2D eigenvalue weighted by atomic mass is 9.56. The van der Waals surface area contributed by atoms with Gasteiger partial charge >= 0.3 is 5.97 Å². The number of carbonyl (C=O) groups excluding carboxylic acids is 3. The number of likely N-dealkylation sites (tertiary alicyclic amines) is 1. The van der Waals surface area contributed by atoms with Crippen LogP contribution in [0.1, 0.15) is 106 Å².